The van der Waals surface area contributed by atoms with Gasteiger partial charge in [-0.1, -0.05) is 86.5 Å². The van der Waals surface area contributed by atoms with E-state index in [2.05, 4.69) is 25.1 Å². The summed E-state index contributed by atoms with van der Waals surface area (Å²) in [4.78, 5) is 29.4. The highest BCUT2D eigenvalue weighted by Gasteiger charge is 2.52. The van der Waals surface area contributed by atoms with Crippen molar-refractivity contribution >= 4 is 45.4 Å². The minimum absolute atomic E-state index is 0.146. The monoisotopic (exact) mass is 600 g/mol. The SMILES string of the molecule is CCCOc1ccc2ccccc2c1C(C1C(=O)N(c2ccc(C)cc2)N=C1CC)C1C(=O)N(c2ccc(C)cc2)N=C1CC. The van der Waals surface area contributed by atoms with Gasteiger partial charge in [-0.05, 0) is 74.2 Å². The molecule has 2 heterocycles. The maximum Gasteiger partial charge on any atom is 0.256 e. The van der Waals surface area contributed by atoms with Crippen LogP contribution >= 0.6 is 0 Å². The number of amides is 2. The molecule has 2 amide bonds. The van der Waals surface area contributed by atoms with E-state index in [1.807, 2.05) is 94.4 Å². The normalized spacial score (nSPS) is 18.9. The summed E-state index contributed by atoms with van der Waals surface area (Å²) in [5.74, 6) is -1.57. The van der Waals surface area contributed by atoms with E-state index < -0.39 is 17.8 Å². The standard InChI is InChI=1S/C38H40N4O3/c1-6-23-45-32-22-17-26-11-9-10-12-29(26)33(32)36(34-30(7-2)39-41(37(34)43)27-18-13-24(4)14-19-27)35-31(8-3)40-42(38(35)44)28-20-15-25(5)16-21-28/h9-22,34-36H,6-8,23H2,1-5H3. The molecule has 0 radical (unpaired) electrons. The van der Waals surface area contributed by atoms with Crippen LogP contribution in [0.2, 0.25) is 0 Å². The lowest BCUT2D eigenvalue weighted by Crippen LogP contribution is -2.41. The van der Waals surface area contributed by atoms with Crippen molar-refractivity contribution in [3.8, 4) is 5.75 Å². The zero-order valence-electron chi connectivity index (χ0n) is 26.7. The van der Waals surface area contributed by atoms with Crippen LogP contribution in [0.4, 0.5) is 11.4 Å². The lowest BCUT2D eigenvalue weighted by Gasteiger charge is -2.31. The molecule has 6 rings (SSSR count). The fraction of sp³-hybridized carbons (Fsp3) is 0.316. The van der Waals surface area contributed by atoms with E-state index in [0.29, 0.717) is 36.6 Å². The Hall–Kier alpha value is -4.78. The number of rotatable bonds is 10. The van der Waals surface area contributed by atoms with Gasteiger partial charge in [0.15, 0.2) is 0 Å². The maximum absolute atomic E-state index is 14.7. The second kappa shape index (κ2) is 12.7. The van der Waals surface area contributed by atoms with E-state index in [0.717, 1.165) is 45.3 Å². The molecule has 0 saturated heterocycles. The van der Waals surface area contributed by atoms with E-state index >= 15 is 0 Å². The number of ether oxygens (including phenoxy) is 1. The lowest BCUT2D eigenvalue weighted by atomic mass is 9.70. The van der Waals surface area contributed by atoms with Crippen LogP contribution in [-0.2, 0) is 9.59 Å². The first-order valence-electron chi connectivity index (χ1n) is 16.0. The second-order valence-electron chi connectivity index (χ2n) is 11.9. The van der Waals surface area contributed by atoms with E-state index in [-0.39, 0.29) is 11.8 Å². The van der Waals surface area contributed by atoms with Gasteiger partial charge >= 0.3 is 0 Å². The molecule has 2 atom stereocenters. The number of nitrogens with zero attached hydrogens (tertiary/aromatic N) is 4. The topological polar surface area (TPSA) is 74.6 Å². The van der Waals surface area contributed by atoms with Crippen molar-refractivity contribution in [2.24, 2.45) is 22.0 Å². The number of benzene rings is 4. The van der Waals surface area contributed by atoms with Crippen molar-refractivity contribution in [3.63, 3.8) is 0 Å². The molecular formula is C38H40N4O3. The minimum Gasteiger partial charge on any atom is -0.493 e. The van der Waals surface area contributed by atoms with Crippen molar-refractivity contribution in [1.29, 1.82) is 0 Å². The summed E-state index contributed by atoms with van der Waals surface area (Å²) in [6.07, 6.45) is 1.95. The Bertz CT molecular complexity index is 1710. The molecule has 45 heavy (non-hydrogen) atoms. The molecule has 0 spiro atoms. The third-order valence-corrected chi connectivity index (χ3v) is 8.85. The van der Waals surface area contributed by atoms with E-state index in [9.17, 15) is 9.59 Å². The molecule has 4 aromatic rings. The molecular weight excluding hydrogens is 560 g/mol. The van der Waals surface area contributed by atoms with Gasteiger partial charge in [-0.15, -0.1) is 0 Å². The largest absolute Gasteiger partial charge is 0.493 e. The predicted molar refractivity (Wildman–Crippen MR) is 182 cm³/mol. The van der Waals surface area contributed by atoms with Crippen LogP contribution in [0.1, 0.15) is 62.6 Å². The Kier molecular flexibility index (Phi) is 8.52. The zero-order valence-corrected chi connectivity index (χ0v) is 26.7. The first-order valence-corrected chi connectivity index (χ1v) is 16.0. The zero-order chi connectivity index (χ0) is 31.7. The Morgan fingerprint density at radius 3 is 1.69 bits per heavy atom. The van der Waals surface area contributed by atoms with E-state index in [1.54, 1.807) is 0 Å². The fourth-order valence-electron chi connectivity index (χ4n) is 6.56. The number of aryl methyl sites for hydroxylation is 2. The lowest BCUT2D eigenvalue weighted by molar-refractivity contribution is -0.122. The van der Waals surface area contributed by atoms with Gasteiger partial charge < -0.3 is 4.74 Å². The highest BCUT2D eigenvalue weighted by Crippen LogP contribution is 2.48. The maximum atomic E-state index is 14.7. The van der Waals surface area contributed by atoms with Gasteiger partial charge in [0, 0.05) is 11.5 Å². The Morgan fingerprint density at radius 1 is 0.689 bits per heavy atom. The second-order valence-corrected chi connectivity index (χ2v) is 11.9. The van der Waals surface area contributed by atoms with Crippen molar-refractivity contribution < 1.29 is 14.3 Å². The van der Waals surface area contributed by atoms with E-state index in [4.69, 9.17) is 14.9 Å². The number of hydrazone groups is 2. The summed E-state index contributed by atoms with van der Waals surface area (Å²) in [5, 5.41) is 14.9. The summed E-state index contributed by atoms with van der Waals surface area (Å²) in [7, 11) is 0. The first-order chi connectivity index (χ1) is 21.9. The molecule has 2 unspecified atom stereocenters. The van der Waals surface area contributed by atoms with Crippen molar-refractivity contribution in [2.45, 2.75) is 59.8 Å². The Morgan fingerprint density at radius 2 is 1.20 bits per heavy atom. The quantitative estimate of drug-likeness (QED) is 0.184. The van der Waals surface area contributed by atoms with Gasteiger partial charge in [-0.3, -0.25) is 9.59 Å². The predicted octanol–water partition coefficient (Wildman–Crippen LogP) is 8.19. The van der Waals surface area contributed by atoms with Crippen LogP contribution < -0.4 is 14.8 Å². The molecule has 0 saturated carbocycles. The molecule has 0 aromatic heterocycles. The number of anilines is 2. The number of hydrogen-bond donors (Lipinski definition) is 0. The molecule has 0 aliphatic carbocycles. The number of carbonyl (C=O) groups is 2. The molecule has 0 bridgehead atoms. The van der Waals surface area contributed by atoms with Gasteiger partial charge in [0.05, 0.1) is 41.2 Å². The van der Waals surface area contributed by atoms with Gasteiger partial charge in [0.1, 0.15) is 5.75 Å². The van der Waals surface area contributed by atoms with Crippen molar-refractivity contribution in [3.05, 3.63) is 102 Å². The highest BCUT2D eigenvalue weighted by molar-refractivity contribution is 6.21. The third-order valence-electron chi connectivity index (χ3n) is 8.85. The molecule has 2 aliphatic rings. The van der Waals surface area contributed by atoms with Gasteiger partial charge in [-0.25, -0.2) is 10.0 Å². The third kappa shape index (κ3) is 5.52. The Labute approximate surface area is 265 Å². The number of hydrogen-bond acceptors (Lipinski definition) is 5. The van der Waals surface area contributed by atoms with Gasteiger partial charge in [0.2, 0.25) is 0 Å². The highest BCUT2D eigenvalue weighted by atomic mass is 16.5. The average molecular weight is 601 g/mol. The summed E-state index contributed by atoms with van der Waals surface area (Å²) in [5.41, 5.74) is 5.98. The van der Waals surface area contributed by atoms with Crippen LogP contribution in [0.15, 0.2) is 95.1 Å². The summed E-state index contributed by atoms with van der Waals surface area (Å²) < 4.78 is 6.42. The molecule has 0 N–H and O–H groups in total. The molecule has 4 aromatic carbocycles. The number of carbonyl (C=O) groups excluding carboxylic acids is 2. The van der Waals surface area contributed by atoms with Crippen LogP contribution in [0, 0.1) is 25.7 Å². The van der Waals surface area contributed by atoms with Crippen LogP contribution in [0.25, 0.3) is 10.8 Å². The summed E-state index contributed by atoms with van der Waals surface area (Å²) >= 11 is 0. The first kappa shape index (κ1) is 30.3. The molecule has 2 aliphatic heterocycles. The summed E-state index contributed by atoms with van der Waals surface area (Å²) in [6.45, 7) is 10.7. The van der Waals surface area contributed by atoms with Crippen LogP contribution in [0.3, 0.4) is 0 Å². The van der Waals surface area contributed by atoms with E-state index in [1.165, 1.54) is 10.0 Å². The minimum atomic E-state index is -0.685. The fourth-order valence-corrected chi connectivity index (χ4v) is 6.56. The number of fused-ring (bicyclic) bond motifs is 1. The van der Waals surface area contributed by atoms with Gasteiger partial charge in [0.25, 0.3) is 11.8 Å². The smallest absolute Gasteiger partial charge is 0.256 e. The average Bonchev–Trinajstić information content (AvgIpc) is 3.57. The van der Waals surface area contributed by atoms with Crippen molar-refractivity contribution in [1.82, 2.24) is 0 Å². The van der Waals surface area contributed by atoms with Gasteiger partial charge in [-0.2, -0.15) is 10.2 Å². The Balaban J connectivity index is 1.57. The molecule has 0 fully saturated rings. The van der Waals surface area contributed by atoms with Crippen LogP contribution in [-0.4, -0.2) is 29.8 Å². The summed E-state index contributed by atoms with van der Waals surface area (Å²) in [6, 6.07) is 27.8. The molecule has 230 valence electrons. The molecule has 7 nitrogen and oxygen atoms in total. The van der Waals surface area contributed by atoms with Crippen LogP contribution in [0.5, 0.6) is 5.75 Å². The molecule has 7 heteroatoms. The van der Waals surface area contributed by atoms with Crippen molar-refractivity contribution in [2.75, 3.05) is 16.6 Å².